The van der Waals surface area contributed by atoms with Crippen molar-refractivity contribution in [1.82, 2.24) is 14.8 Å². The van der Waals surface area contributed by atoms with E-state index in [4.69, 9.17) is 4.52 Å². The minimum absolute atomic E-state index is 0.0141. The van der Waals surface area contributed by atoms with Crippen LogP contribution in [-0.2, 0) is 14.8 Å². The molecule has 8 heteroatoms. The molecule has 0 radical (unpaired) electrons. The number of nitrogens with one attached hydrogen (secondary N) is 1. The van der Waals surface area contributed by atoms with Gasteiger partial charge in [-0.15, -0.1) is 0 Å². The van der Waals surface area contributed by atoms with Gasteiger partial charge in [-0.25, -0.2) is 8.42 Å². The normalized spacial score (nSPS) is 17.9. The van der Waals surface area contributed by atoms with Gasteiger partial charge in [-0.1, -0.05) is 28.9 Å². The Bertz CT molecular complexity index is 1110. The number of piperidine rings is 1. The Morgan fingerprint density at radius 2 is 1.84 bits per heavy atom. The Balaban J connectivity index is 1.90. The molecule has 2 heterocycles. The molecule has 7 nitrogen and oxygen atoms in total. The van der Waals surface area contributed by atoms with Crippen LogP contribution in [0.5, 0.6) is 0 Å². The third kappa shape index (κ3) is 5.13. The number of rotatable bonds is 6. The zero-order valence-corrected chi connectivity index (χ0v) is 20.5. The standard InChI is InChI=1S/C24H33N3O4S/c1-15(2)25-24(28)20-8-7-11-27(14-20)32(29,30)23-19(6)26-31-22(23)10-9-21-17(4)12-16(3)13-18(21)5/h9-10,12-13,15,20H,7-8,11,14H2,1-6H3,(H,25,28)/b10-9+/t20-/m0/s1. The number of nitrogens with zero attached hydrogens (tertiary/aromatic N) is 2. The first kappa shape index (κ1) is 24.2. The molecule has 32 heavy (non-hydrogen) atoms. The highest BCUT2D eigenvalue weighted by Gasteiger charge is 2.37. The Kier molecular flexibility index (Phi) is 7.25. The summed E-state index contributed by atoms with van der Waals surface area (Å²) in [5.41, 5.74) is 4.73. The number of aromatic nitrogens is 1. The Morgan fingerprint density at radius 3 is 2.47 bits per heavy atom. The minimum Gasteiger partial charge on any atom is -0.355 e. The van der Waals surface area contributed by atoms with E-state index in [1.807, 2.05) is 40.7 Å². The van der Waals surface area contributed by atoms with E-state index in [1.54, 1.807) is 13.0 Å². The maximum atomic E-state index is 13.5. The van der Waals surface area contributed by atoms with Gasteiger partial charge < -0.3 is 9.84 Å². The van der Waals surface area contributed by atoms with Crippen LogP contribution in [0.4, 0.5) is 0 Å². The van der Waals surface area contributed by atoms with Gasteiger partial charge in [0.1, 0.15) is 5.69 Å². The molecular formula is C24H33N3O4S. The lowest BCUT2D eigenvalue weighted by molar-refractivity contribution is -0.126. The molecule has 0 aliphatic carbocycles. The van der Waals surface area contributed by atoms with E-state index in [0.717, 1.165) is 16.7 Å². The van der Waals surface area contributed by atoms with Gasteiger partial charge in [-0.3, -0.25) is 4.79 Å². The second-order valence-corrected chi connectivity index (χ2v) is 10.8. The Morgan fingerprint density at radius 1 is 1.19 bits per heavy atom. The monoisotopic (exact) mass is 459 g/mol. The first-order chi connectivity index (χ1) is 15.0. The van der Waals surface area contributed by atoms with Crippen molar-refractivity contribution in [3.8, 4) is 0 Å². The zero-order chi connectivity index (χ0) is 23.6. The number of carbonyl (C=O) groups excluding carboxylic acids is 1. The van der Waals surface area contributed by atoms with Crippen LogP contribution in [-0.4, -0.2) is 42.9 Å². The molecule has 0 unspecified atom stereocenters. The van der Waals surface area contributed by atoms with E-state index in [0.29, 0.717) is 25.1 Å². The van der Waals surface area contributed by atoms with Gasteiger partial charge in [0.2, 0.25) is 15.9 Å². The van der Waals surface area contributed by atoms with Crippen LogP contribution in [0.25, 0.3) is 12.2 Å². The van der Waals surface area contributed by atoms with E-state index in [-0.39, 0.29) is 35.1 Å². The van der Waals surface area contributed by atoms with Crippen LogP contribution >= 0.6 is 0 Å². The highest BCUT2D eigenvalue weighted by atomic mass is 32.2. The van der Waals surface area contributed by atoms with E-state index in [1.165, 1.54) is 9.87 Å². The van der Waals surface area contributed by atoms with Crippen LogP contribution in [0.3, 0.4) is 0 Å². The van der Waals surface area contributed by atoms with Crippen molar-refractivity contribution in [2.45, 2.75) is 65.3 Å². The molecule has 1 N–H and O–H groups in total. The number of aryl methyl sites for hydroxylation is 4. The second kappa shape index (κ2) is 9.58. The quantitative estimate of drug-likeness (QED) is 0.705. The number of hydrogen-bond donors (Lipinski definition) is 1. The lowest BCUT2D eigenvalue weighted by Crippen LogP contribution is -2.46. The molecule has 1 aromatic carbocycles. The van der Waals surface area contributed by atoms with Crippen molar-refractivity contribution >= 4 is 28.1 Å². The highest BCUT2D eigenvalue weighted by molar-refractivity contribution is 7.89. The molecule has 1 aliphatic rings. The van der Waals surface area contributed by atoms with E-state index < -0.39 is 10.0 Å². The Labute approximate surface area is 190 Å². The number of benzene rings is 1. The maximum Gasteiger partial charge on any atom is 0.248 e. The summed E-state index contributed by atoms with van der Waals surface area (Å²) in [6, 6.07) is 4.19. The number of amides is 1. The molecule has 1 saturated heterocycles. The van der Waals surface area contributed by atoms with Gasteiger partial charge in [-0.2, -0.15) is 4.31 Å². The fourth-order valence-electron chi connectivity index (χ4n) is 4.32. The summed E-state index contributed by atoms with van der Waals surface area (Å²) in [5, 5.41) is 6.82. The maximum absolute atomic E-state index is 13.5. The molecule has 1 fully saturated rings. The van der Waals surface area contributed by atoms with Crippen LogP contribution in [0, 0.1) is 33.6 Å². The van der Waals surface area contributed by atoms with Crippen molar-refractivity contribution in [3.05, 3.63) is 45.8 Å². The second-order valence-electron chi connectivity index (χ2n) is 8.97. The molecule has 1 amide bonds. The van der Waals surface area contributed by atoms with E-state index >= 15 is 0 Å². The molecule has 0 bridgehead atoms. The Hall–Kier alpha value is -2.45. The average Bonchev–Trinajstić information content (AvgIpc) is 3.08. The summed E-state index contributed by atoms with van der Waals surface area (Å²) < 4.78 is 33.9. The van der Waals surface area contributed by atoms with Crippen LogP contribution in [0.2, 0.25) is 0 Å². The smallest absolute Gasteiger partial charge is 0.248 e. The van der Waals surface area contributed by atoms with Crippen molar-refractivity contribution in [1.29, 1.82) is 0 Å². The topological polar surface area (TPSA) is 92.5 Å². The summed E-state index contributed by atoms with van der Waals surface area (Å²) in [4.78, 5) is 12.5. The molecular weight excluding hydrogens is 426 g/mol. The van der Waals surface area contributed by atoms with Crippen LogP contribution < -0.4 is 5.32 Å². The minimum atomic E-state index is -3.86. The first-order valence-electron chi connectivity index (χ1n) is 11.0. The lowest BCUT2D eigenvalue weighted by atomic mass is 9.98. The molecule has 174 valence electrons. The molecule has 0 spiro atoms. The van der Waals surface area contributed by atoms with Crippen molar-refractivity contribution in [2.75, 3.05) is 13.1 Å². The van der Waals surface area contributed by atoms with Crippen LogP contribution in [0.1, 0.15) is 60.4 Å². The van der Waals surface area contributed by atoms with Gasteiger partial charge in [0, 0.05) is 19.1 Å². The summed E-state index contributed by atoms with van der Waals surface area (Å²) in [6.07, 6.45) is 4.85. The van der Waals surface area contributed by atoms with E-state index in [9.17, 15) is 13.2 Å². The predicted octanol–water partition coefficient (Wildman–Crippen LogP) is 4.00. The molecule has 2 aromatic rings. The lowest BCUT2D eigenvalue weighted by Gasteiger charge is -2.31. The number of hydrogen-bond acceptors (Lipinski definition) is 5. The summed E-state index contributed by atoms with van der Waals surface area (Å²) >= 11 is 0. The fourth-order valence-corrected chi connectivity index (χ4v) is 6.09. The van der Waals surface area contributed by atoms with Gasteiger partial charge in [0.05, 0.1) is 5.92 Å². The van der Waals surface area contributed by atoms with Gasteiger partial charge in [-0.05, 0) is 77.2 Å². The van der Waals surface area contributed by atoms with Gasteiger partial charge in [0.15, 0.2) is 10.7 Å². The van der Waals surface area contributed by atoms with Crippen molar-refractivity contribution < 1.29 is 17.7 Å². The third-order valence-corrected chi connectivity index (χ3v) is 7.78. The molecule has 3 rings (SSSR count). The highest BCUT2D eigenvalue weighted by Crippen LogP contribution is 2.30. The largest absolute Gasteiger partial charge is 0.355 e. The van der Waals surface area contributed by atoms with Gasteiger partial charge in [0.25, 0.3) is 0 Å². The number of carbonyl (C=O) groups is 1. The first-order valence-corrected chi connectivity index (χ1v) is 12.5. The molecule has 1 aliphatic heterocycles. The third-order valence-electron chi connectivity index (χ3n) is 5.76. The zero-order valence-electron chi connectivity index (χ0n) is 19.7. The molecule has 1 atom stereocenters. The summed E-state index contributed by atoms with van der Waals surface area (Å²) in [6.45, 7) is 12.0. The predicted molar refractivity (Wildman–Crippen MR) is 126 cm³/mol. The van der Waals surface area contributed by atoms with Gasteiger partial charge >= 0.3 is 0 Å². The molecule has 0 saturated carbocycles. The SMILES string of the molecule is Cc1cc(C)c(/C=C/c2onc(C)c2S(=O)(=O)N2CCC[C@H](C(=O)NC(C)C)C2)c(C)c1. The summed E-state index contributed by atoms with van der Waals surface area (Å²) in [5.74, 6) is -0.263. The van der Waals surface area contributed by atoms with Crippen molar-refractivity contribution in [3.63, 3.8) is 0 Å². The van der Waals surface area contributed by atoms with E-state index in [2.05, 4.69) is 22.6 Å². The van der Waals surface area contributed by atoms with Crippen molar-refractivity contribution in [2.24, 2.45) is 5.92 Å². The van der Waals surface area contributed by atoms with Crippen LogP contribution in [0.15, 0.2) is 21.6 Å². The fraction of sp³-hybridized carbons (Fsp3) is 0.500. The number of sulfonamides is 1. The molecule has 1 aromatic heterocycles. The summed E-state index contributed by atoms with van der Waals surface area (Å²) in [7, 11) is -3.86. The average molecular weight is 460 g/mol.